The van der Waals surface area contributed by atoms with Gasteiger partial charge >= 0.3 is 256 Å². The Morgan fingerprint density at radius 3 is 2.04 bits per heavy atom. The molecule has 5 aromatic heterocycles. The molecule has 236 valence electrons. The van der Waals surface area contributed by atoms with Gasteiger partial charge in [-0.3, -0.25) is 0 Å². The summed E-state index contributed by atoms with van der Waals surface area (Å²) < 4.78 is 4.82. The van der Waals surface area contributed by atoms with Crippen molar-refractivity contribution in [3.05, 3.63) is 151 Å². The van der Waals surface area contributed by atoms with Crippen LogP contribution in [0, 0.1) is 6.92 Å². The number of fused-ring (bicyclic) bond motifs is 6. The summed E-state index contributed by atoms with van der Waals surface area (Å²) in [6.07, 6.45) is 0. The van der Waals surface area contributed by atoms with Crippen LogP contribution < -0.4 is 4.90 Å². The van der Waals surface area contributed by atoms with E-state index in [-0.39, 0.29) is 14.5 Å². The van der Waals surface area contributed by atoms with Crippen LogP contribution in [0.5, 0.6) is 0 Å². The summed E-state index contributed by atoms with van der Waals surface area (Å²) in [5.41, 5.74) is 7.71. The maximum absolute atomic E-state index is 5.46. The first-order valence-corrected chi connectivity index (χ1v) is 18.4. The van der Waals surface area contributed by atoms with Crippen LogP contribution in [0.4, 0.5) is 17.3 Å². The summed E-state index contributed by atoms with van der Waals surface area (Å²) in [5.74, 6) is 2.81. The Balaban J connectivity index is 1.26. The predicted molar refractivity (Wildman–Crippen MR) is 205 cm³/mol. The number of anilines is 3. The van der Waals surface area contributed by atoms with Crippen LogP contribution >= 0.6 is 0 Å². The zero-order chi connectivity index (χ0) is 33.1. The van der Waals surface area contributed by atoms with Gasteiger partial charge in [0.1, 0.15) is 0 Å². The summed E-state index contributed by atoms with van der Waals surface area (Å²) in [4.78, 5) is 18.0. The van der Waals surface area contributed by atoms with Crippen molar-refractivity contribution in [2.75, 3.05) is 4.90 Å². The number of aryl methyl sites for hydroxylation is 1. The Bertz CT molecular complexity index is 2620. The topological polar surface area (TPSA) is 46.8 Å². The quantitative estimate of drug-likeness (QED) is 0.162. The normalized spacial score (nSPS) is 11.8. The summed E-state index contributed by atoms with van der Waals surface area (Å²) in [6.45, 7) is 6.57. The van der Waals surface area contributed by atoms with E-state index in [1.54, 1.807) is 0 Å². The molecule has 0 aliphatic rings. The summed E-state index contributed by atoms with van der Waals surface area (Å²) >= 11 is 0.0975. The van der Waals surface area contributed by atoms with Crippen LogP contribution in [-0.4, -0.2) is 34.0 Å². The van der Waals surface area contributed by atoms with Crippen LogP contribution in [0.2, 0.25) is 0 Å². The number of nitrogens with zero attached hydrogens (tertiary/aromatic N) is 5. The molecular weight excluding hydrogens is 665 g/mol. The molecule has 0 saturated heterocycles. The van der Waals surface area contributed by atoms with Crippen molar-refractivity contribution in [1.82, 2.24) is 19.5 Å². The molecule has 0 spiro atoms. The zero-order valence-corrected chi connectivity index (χ0v) is 29.2. The van der Waals surface area contributed by atoms with Crippen molar-refractivity contribution in [3.63, 3.8) is 0 Å². The van der Waals surface area contributed by atoms with Crippen molar-refractivity contribution in [1.29, 1.82) is 0 Å². The summed E-state index contributed by atoms with van der Waals surface area (Å²) in [6, 6.07) is 49.3. The number of hydrogen-bond acceptors (Lipinski definition) is 4. The minimum atomic E-state index is 0.0975. The van der Waals surface area contributed by atoms with Gasteiger partial charge in [-0.2, -0.15) is 0 Å². The molecule has 5 nitrogen and oxygen atoms in total. The number of hydrogen-bond donors (Lipinski definition) is 0. The maximum atomic E-state index is 5.46. The Kier molecular flexibility index (Phi) is 7.15. The Hall–Kier alpha value is -5.55. The van der Waals surface area contributed by atoms with E-state index in [2.05, 4.69) is 170 Å². The van der Waals surface area contributed by atoms with Crippen LogP contribution in [-0.2, 0) is 0 Å². The van der Waals surface area contributed by atoms with Crippen LogP contribution in [0.25, 0.3) is 58.3 Å². The van der Waals surface area contributed by atoms with Crippen LogP contribution in [0.15, 0.2) is 140 Å². The molecule has 0 amide bonds. The number of benzene rings is 4. The van der Waals surface area contributed by atoms with Crippen molar-refractivity contribution < 1.29 is 0 Å². The molecular formula is C43H33N5Se. The molecule has 0 fully saturated rings. The fourth-order valence-electron chi connectivity index (χ4n) is 6.89. The monoisotopic (exact) mass is 699 g/mol. The van der Waals surface area contributed by atoms with Gasteiger partial charge in [-0.15, -0.1) is 0 Å². The van der Waals surface area contributed by atoms with Crippen LogP contribution in [0.3, 0.4) is 0 Å². The van der Waals surface area contributed by atoms with E-state index in [1.165, 1.54) is 41.3 Å². The first kappa shape index (κ1) is 29.6. The van der Waals surface area contributed by atoms with E-state index in [0.29, 0.717) is 5.92 Å². The van der Waals surface area contributed by atoms with Crippen molar-refractivity contribution in [3.8, 4) is 17.1 Å². The molecule has 4 aromatic carbocycles. The molecule has 0 aliphatic heterocycles. The average Bonchev–Trinajstić information content (AvgIpc) is 3.67. The number of aromatic nitrogens is 4. The predicted octanol–water partition coefficient (Wildman–Crippen LogP) is 10.9. The van der Waals surface area contributed by atoms with E-state index in [1.807, 2.05) is 0 Å². The van der Waals surface area contributed by atoms with Gasteiger partial charge in [0.25, 0.3) is 0 Å². The molecule has 5 heterocycles. The van der Waals surface area contributed by atoms with Gasteiger partial charge in [-0.25, -0.2) is 0 Å². The molecule has 0 saturated carbocycles. The van der Waals surface area contributed by atoms with Gasteiger partial charge in [-0.05, 0) is 0 Å². The third-order valence-electron chi connectivity index (χ3n) is 9.28. The van der Waals surface area contributed by atoms with E-state index < -0.39 is 0 Å². The zero-order valence-electron chi connectivity index (χ0n) is 27.5. The van der Waals surface area contributed by atoms with Gasteiger partial charge in [-0.1, -0.05) is 36.4 Å². The molecule has 0 aliphatic carbocycles. The average molecular weight is 699 g/mol. The van der Waals surface area contributed by atoms with Gasteiger partial charge in [0.15, 0.2) is 0 Å². The molecule has 9 aromatic rings. The fourth-order valence-corrected chi connectivity index (χ4v) is 9.49. The molecule has 0 bridgehead atoms. The standard InChI is InChI=1S/C43H33N5Se/c1-27(2)29-25-36(35-18-11-17-33-34-24-23-28(3)44-43(34)49-42(33)35)45-41(26-29)47(30-13-5-4-6-14-30)39-21-12-22-40(46-39)48-37-19-9-7-15-31(37)32-16-8-10-20-38(32)48/h4-27H,1-3H3. The van der Waals surface area contributed by atoms with Gasteiger partial charge in [0.05, 0.1) is 0 Å². The molecule has 9 rings (SSSR count). The van der Waals surface area contributed by atoms with E-state index in [0.717, 1.165) is 45.6 Å². The minimum absolute atomic E-state index is 0.0975. The van der Waals surface area contributed by atoms with E-state index in [9.17, 15) is 0 Å². The van der Waals surface area contributed by atoms with Gasteiger partial charge in [0.2, 0.25) is 0 Å². The van der Waals surface area contributed by atoms with Gasteiger partial charge < -0.3 is 0 Å². The third kappa shape index (κ3) is 5.03. The second kappa shape index (κ2) is 11.9. The molecule has 0 unspecified atom stereocenters. The Morgan fingerprint density at radius 2 is 1.29 bits per heavy atom. The Morgan fingerprint density at radius 1 is 0.592 bits per heavy atom. The fraction of sp³-hybridized carbons (Fsp3) is 0.0930. The summed E-state index contributed by atoms with van der Waals surface area (Å²) in [7, 11) is 0. The number of rotatable bonds is 6. The second-order valence-electron chi connectivity index (χ2n) is 12.8. The molecule has 49 heavy (non-hydrogen) atoms. The van der Waals surface area contributed by atoms with E-state index in [4.69, 9.17) is 15.0 Å². The number of pyridine rings is 3. The SMILES string of the molecule is Cc1ccc2c(n1)[se]c1c(-c3cc(C(C)C)cc(N(c4ccccc4)c4cccc(-n5c6ccccc6c6ccccc65)n4)n3)cccc12. The van der Waals surface area contributed by atoms with Crippen LogP contribution in [0.1, 0.15) is 31.0 Å². The Labute approximate surface area is 290 Å². The molecule has 6 heteroatoms. The van der Waals surface area contributed by atoms with Crippen molar-refractivity contribution >= 4 is 73.1 Å². The van der Waals surface area contributed by atoms with Crippen molar-refractivity contribution in [2.24, 2.45) is 0 Å². The molecule has 0 atom stereocenters. The third-order valence-corrected chi connectivity index (χ3v) is 11.7. The second-order valence-corrected chi connectivity index (χ2v) is 14.9. The van der Waals surface area contributed by atoms with E-state index >= 15 is 0 Å². The molecule has 0 N–H and O–H groups in total. The number of para-hydroxylation sites is 3. The van der Waals surface area contributed by atoms with Crippen molar-refractivity contribution in [2.45, 2.75) is 26.7 Å². The molecule has 0 radical (unpaired) electrons. The summed E-state index contributed by atoms with van der Waals surface area (Å²) in [5, 5.41) is 4.95. The first-order chi connectivity index (χ1) is 24.0. The van der Waals surface area contributed by atoms with Gasteiger partial charge in [0, 0.05) is 0 Å². The first-order valence-electron chi connectivity index (χ1n) is 16.7.